The SMILES string of the molecule is CCC(CC)c1nc(O)c(-c2ccc(Br)cc2)c(=O)[nH]1. The summed E-state index contributed by atoms with van der Waals surface area (Å²) in [6, 6.07) is 7.19. The third kappa shape index (κ3) is 2.93. The van der Waals surface area contributed by atoms with Gasteiger partial charge >= 0.3 is 0 Å². The van der Waals surface area contributed by atoms with Gasteiger partial charge in [0.15, 0.2) is 0 Å². The van der Waals surface area contributed by atoms with Gasteiger partial charge in [0.1, 0.15) is 11.4 Å². The minimum absolute atomic E-state index is 0.160. The lowest BCUT2D eigenvalue weighted by molar-refractivity contribution is 0.444. The fourth-order valence-corrected chi connectivity index (χ4v) is 2.49. The van der Waals surface area contributed by atoms with Gasteiger partial charge in [0, 0.05) is 10.4 Å². The quantitative estimate of drug-likeness (QED) is 0.892. The molecule has 0 spiro atoms. The van der Waals surface area contributed by atoms with Gasteiger partial charge in [-0.25, -0.2) is 0 Å². The van der Waals surface area contributed by atoms with Crippen LogP contribution in [0.5, 0.6) is 5.88 Å². The van der Waals surface area contributed by atoms with Gasteiger partial charge in [-0.05, 0) is 30.5 Å². The Hall–Kier alpha value is -1.62. The molecule has 1 aromatic carbocycles. The number of rotatable bonds is 4. The topological polar surface area (TPSA) is 66.0 Å². The molecule has 1 aromatic heterocycles. The first kappa shape index (κ1) is 14.8. The van der Waals surface area contributed by atoms with E-state index in [-0.39, 0.29) is 22.9 Å². The largest absolute Gasteiger partial charge is 0.493 e. The molecule has 0 saturated carbocycles. The normalized spacial score (nSPS) is 11.0. The molecule has 2 rings (SSSR count). The van der Waals surface area contributed by atoms with Crippen LogP contribution >= 0.6 is 15.9 Å². The highest BCUT2D eigenvalue weighted by molar-refractivity contribution is 9.10. The second-order valence-corrected chi connectivity index (χ2v) is 5.59. The summed E-state index contributed by atoms with van der Waals surface area (Å²) in [4.78, 5) is 19.2. The van der Waals surface area contributed by atoms with Gasteiger partial charge in [0.2, 0.25) is 5.88 Å². The predicted octanol–water partition coefficient (Wildman–Crippen LogP) is 3.81. The van der Waals surface area contributed by atoms with E-state index in [1.165, 1.54) is 0 Å². The lowest BCUT2D eigenvalue weighted by atomic mass is 10.0. The molecule has 0 saturated heterocycles. The van der Waals surface area contributed by atoms with E-state index in [1.807, 2.05) is 26.0 Å². The number of hydrogen-bond donors (Lipinski definition) is 2. The molecular formula is C15H17BrN2O2. The van der Waals surface area contributed by atoms with Crippen molar-refractivity contribution in [2.45, 2.75) is 32.6 Å². The molecule has 106 valence electrons. The minimum atomic E-state index is -0.304. The molecule has 0 amide bonds. The van der Waals surface area contributed by atoms with Gasteiger partial charge in [-0.3, -0.25) is 4.79 Å². The van der Waals surface area contributed by atoms with Crippen LogP contribution in [0.25, 0.3) is 11.1 Å². The van der Waals surface area contributed by atoms with Gasteiger partial charge in [0.05, 0.1) is 0 Å². The van der Waals surface area contributed by atoms with Crippen molar-refractivity contribution in [1.29, 1.82) is 0 Å². The third-order valence-electron chi connectivity index (χ3n) is 3.42. The summed E-state index contributed by atoms with van der Waals surface area (Å²) in [5.41, 5.74) is 0.560. The zero-order valence-corrected chi connectivity index (χ0v) is 13.1. The minimum Gasteiger partial charge on any atom is -0.493 e. The molecule has 0 aliphatic heterocycles. The van der Waals surface area contributed by atoms with Gasteiger partial charge in [0.25, 0.3) is 5.56 Å². The molecule has 0 bridgehead atoms. The number of aromatic amines is 1. The Labute approximate surface area is 126 Å². The van der Waals surface area contributed by atoms with Crippen molar-refractivity contribution in [2.24, 2.45) is 0 Å². The third-order valence-corrected chi connectivity index (χ3v) is 3.95. The standard InChI is InChI=1S/C15H17BrN2O2/c1-3-9(4-2)13-17-14(19)12(15(20)18-13)10-5-7-11(16)8-6-10/h5-9H,3-4H2,1-2H3,(H2,17,18,19,20). The lowest BCUT2D eigenvalue weighted by Gasteiger charge is -2.12. The average molecular weight is 337 g/mol. The van der Waals surface area contributed by atoms with Crippen LogP contribution in [-0.4, -0.2) is 15.1 Å². The summed E-state index contributed by atoms with van der Waals surface area (Å²) in [5, 5.41) is 10.1. The van der Waals surface area contributed by atoms with E-state index in [0.29, 0.717) is 11.4 Å². The molecule has 5 heteroatoms. The lowest BCUT2D eigenvalue weighted by Crippen LogP contribution is -2.16. The summed E-state index contributed by atoms with van der Waals surface area (Å²) in [6.45, 7) is 4.07. The van der Waals surface area contributed by atoms with E-state index in [2.05, 4.69) is 25.9 Å². The summed E-state index contributed by atoms with van der Waals surface area (Å²) in [7, 11) is 0. The van der Waals surface area contributed by atoms with Crippen LogP contribution < -0.4 is 5.56 Å². The van der Waals surface area contributed by atoms with Crippen LogP contribution in [-0.2, 0) is 0 Å². The fraction of sp³-hybridized carbons (Fsp3) is 0.333. The second-order valence-electron chi connectivity index (χ2n) is 4.67. The first-order valence-electron chi connectivity index (χ1n) is 6.65. The monoisotopic (exact) mass is 336 g/mol. The number of aromatic hydroxyl groups is 1. The maximum Gasteiger partial charge on any atom is 0.262 e. The summed E-state index contributed by atoms with van der Waals surface area (Å²) < 4.78 is 0.916. The Morgan fingerprint density at radius 3 is 2.35 bits per heavy atom. The molecule has 1 heterocycles. The van der Waals surface area contributed by atoms with Crippen LogP contribution in [0.4, 0.5) is 0 Å². The average Bonchev–Trinajstić information content (AvgIpc) is 2.41. The van der Waals surface area contributed by atoms with Crippen molar-refractivity contribution < 1.29 is 5.11 Å². The van der Waals surface area contributed by atoms with Crippen LogP contribution in [0.2, 0.25) is 0 Å². The highest BCUT2D eigenvalue weighted by atomic mass is 79.9. The number of nitrogens with one attached hydrogen (secondary N) is 1. The molecule has 0 atom stereocenters. The summed E-state index contributed by atoms with van der Waals surface area (Å²) >= 11 is 3.34. The molecular weight excluding hydrogens is 320 g/mol. The van der Waals surface area contributed by atoms with Crippen molar-refractivity contribution >= 4 is 15.9 Å². The van der Waals surface area contributed by atoms with E-state index in [1.54, 1.807) is 12.1 Å². The van der Waals surface area contributed by atoms with E-state index in [4.69, 9.17) is 0 Å². The molecule has 2 aromatic rings. The Bertz CT molecular complexity index is 646. The maximum atomic E-state index is 12.2. The van der Waals surface area contributed by atoms with E-state index < -0.39 is 0 Å². The highest BCUT2D eigenvalue weighted by Gasteiger charge is 2.16. The van der Waals surface area contributed by atoms with Crippen LogP contribution in [0.1, 0.15) is 38.4 Å². The smallest absolute Gasteiger partial charge is 0.262 e. The molecule has 0 radical (unpaired) electrons. The van der Waals surface area contributed by atoms with E-state index in [0.717, 1.165) is 17.3 Å². The molecule has 0 aliphatic carbocycles. The van der Waals surface area contributed by atoms with E-state index >= 15 is 0 Å². The Kier molecular flexibility index (Phi) is 4.60. The zero-order valence-electron chi connectivity index (χ0n) is 11.5. The van der Waals surface area contributed by atoms with Crippen molar-refractivity contribution in [1.82, 2.24) is 9.97 Å². The number of aromatic nitrogens is 2. The van der Waals surface area contributed by atoms with E-state index in [9.17, 15) is 9.90 Å². The Morgan fingerprint density at radius 2 is 1.85 bits per heavy atom. The second kappa shape index (κ2) is 6.22. The van der Waals surface area contributed by atoms with Gasteiger partial charge in [-0.2, -0.15) is 4.98 Å². The van der Waals surface area contributed by atoms with Crippen molar-refractivity contribution in [2.75, 3.05) is 0 Å². The predicted molar refractivity (Wildman–Crippen MR) is 83.0 cm³/mol. The summed E-state index contributed by atoms with van der Waals surface area (Å²) in [6.07, 6.45) is 1.74. The van der Waals surface area contributed by atoms with Crippen LogP contribution in [0.3, 0.4) is 0 Å². The van der Waals surface area contributed by atoms with Gasteiger partial charge in [-0.1, -0.05) is 41.9 Å². The fourth-order valence-electron chi connectivity index (χ4n) is 2.22. The van der Waals surface area contributed by atoms with Crippen LogP contribution in [0.15, 0.2) is 33.5 Å². The summed E-state index contributed by atoms with van der Waals surface area (Å²) in [5.74, 6) is 0.504. The molecule has 20 heavy (non-hydrogen) atoms. The number of H-pyrrole nitrogens is 1. The molecule has 2 N–H and O–H groups in total. The van der Waals surface area contributed by atoms with Gasteiger partial charge in [-0.15, -0.1) is 0 Å². The Balaban J connectivity index is 2.51. The zero-order chi connectivity index (χ0) is 14.7. The van der Waals surface area contributed by atoms with Gasteiger partial charge < -0.3 is 10.1 Å². The maximum absolute atomic E-state index is 12.2. The highest BCUT2D eigenvalue weighted by Crippen LogP contribution is 2.27. The molecule has 0 fully saturated rings. The number of halogens is 1. The molecule has 0 unspecified atom stereocenters. The first-order chi connectivity index (χ1) is 9.56. The number of nitrogens with zero attached hydrogens (tertiary/aromatic N) is 1. The van der Waals surface area contributed by atoms with Crippen molar-refractivity contribution in [3.63, 3.8) is 0 Å². The number of benzene rings is 1. The van der Waals surface area contributed by atoms with Crippen molar-refractivity contribution in [3.05, 3.63) is 44.9 Å². The molecule has 4 nitrogen and oxygen atoms in total. The first-order valence-corrected chi connectivity index (χ1v) is 7.45. The van der Waals surface area contributed by atoms with Crippen LogP contribution in [0, 0.1) is 0 Å². The molecule has 0 aliphatic rings. The Morgan fingerprint density at radius 1 is 1.25 bits per heavy atom. The number of hydrogen-bond acceptors (Lipinski definition) is 3. The van der Waals surface area contributed by atoms with Crippen molar-refractivity contribution in [3.8, 4) is 17.0 Å².